The lowest BCUT2D eigenvalue weighted by atomic mass is 10.2. The molecule has 0 heterocycles. The zero-order valence-corrected chi connectivity index (χ0v) is 14.4. The molecule has 0 aliphatic carbocycles. The highest BCUT2D eigenvalue weighted by Gasteiger charge is 2.20. The van der Waals surface area contributed by atoms with Crippen molar-refractivity contribution in [2.24, 2.45) is 0 Å². The molecule has 2 aromatic carbocycles. The molecule has 0 radical (unpaired) electrons. The second kappa shape index (κ2) is 7.76. The number of ether oxygens (including phenoxy) is 1. The van der Waals surface area contributed by atoms with Gasteiger partial charge in [-0.2, -0.15) is 9.65 Å². The molecular formula is C17H13FN2O5S. The molecule has 0 unspecified atom stereocenters. The molecule has 0 N–H and O–H groups in total. The zero-order valence-electron chi connectivity index (χ0n) is 13.5. The molecule has 7 nitrogen and oxygen atoms in total. The Balaban J connectivity index is 2.36. The highest BCUT2D eigenvalue weighted by Crippen LogP contribution is 2.23. The number of nitriles is 1. The van der Waals surface area contributed by atoms with Crippen molar-refractivity contribution in [3.05, 3.63) is 74.4 Å². The van der Waals surface area contributed by atoms with E-state index < -0.39 is 36.9 Å². The third-order valence-electron chi connectivity index (χ3n) is 3.43. The number of hydrogen-bond donors (Lipinski definition) is 0. The average Bonchev–Trinajstić information content (AvgIpc) is 2.60. The predicted molar refractivity (Wildman–Crippen MR) is 92.3 cm³/mol. The molecule has 0 aliphatic rings. The fourth-order valence-electron chi connectivity index (χ4n) is 2.12. The third kappa shape index (κ3) is 4.43. The zero-order chi connectivity index (χ0) is 19.3. The molecule has 2 aromatic rings. The largest absolute Gasteiger partial charge is 0.497 e. The van der Waals surface area contributed by atoms with Crippen molar-refractivity contribution in [3.63, 3.8) is 0 Å². The minimum absolute atomic E-state index is 0.0351. The number of nitrogens with zero attached hydrogens (tertiary/aromatic N) is 2. The van der Waals surface area contributed by atoms with Crippen LogP contribution in [0.4, 0.5) is 10.1 Å². The van der Waals surface area contributed by atoms with Crippen molar-refractivity contribution in [2.45, 2.75) is 5.75 Å². The first-order valence-electron chi connectivity index (χ1n) is 7.18. The number of benzene rings is 2. The van der Waals surface area contributed by atoms with Crippen LogP contribution < -0.4 is 4.74 Å². The summed E-state index contributed by atoms with van der Waals surface area (Å²) in [7, 11) is -2.51. The normalized spacial score (nSPS) is 11.7. The molecule has 0 fully saturated rings. The van der Waals surface area contributed by atoms with Crippen LogP contribution in [0.25, 0.3) is 6.08 Å². The summed E-state index contributed by atoms with van der Waals surface area (Å²) in [5.41, 5.74) is -0.325. The number of allylic oxidation sites excluding steroid dienone is 1. The number of sulfone groups is 1. The minimum Gasteiger partial charge on any atom is -0.497 e. The fraction of sp³-hybridized carbons (Fsp3) is 0.118. The minimum atomic E-state index is -3.99. The molecule has 0 saturated heterocycles. The van der Waals surface area contributed by atoms with Crippen molar-refractivity contribution in [1.29, 1.82) is 5.26 Å². The van der Waals surface area contributed by atoms with E-state index in [0.717, 1.165) is 24.3 Å². The Labute approximate surface area is 149 Å². The van der Waals surface area contributed by atoms with Gasteiger partial charge in [-0.3, -0.25) is 10.1 Å². The maximum absolute atomic E-state index is 13.4. The van der Waals surface area contributed by atoms with Gasteiger partial charge in [0.25, 0.3) is 0 Å². The second-order valence-electron chi connectivity index (χ2n) is 5.20. The summed E-state index contributed by atoms with van der Waals surface area (Å²) >= 11 is 0. The van der Waals surface area contributed by atoms with Crippen molar-refractivity contribution < 1.29 is 22.5 Å². The monoisotopic (exact) mass is 376 g/mol. The highest BCUT2D eigenvalue weighted by atomic mass is 32.2. The fourth-order valence-corrected chi connectivity index (χ4v) is 3.36. The van der Waals surface area contributed by atoms with Crippen LogP contribution in [0, 0.1) is 27.3 Å². The first-order valence-corrected chi connectivity index (χ1v) is 8.83. The van der Waals surface area contributed by atoms with E-state index >= 15 is 0 Å². The third-order valence-corrected chi connectivity index (χ3v) is 5.02. The van der Waals surface area contributed by atoms with Crippen molar-refractivity contribution in [3.8, 4) is 11.8 Å². The van der Waals surface area contributed by atoms with Gasteiger partial charge in [0.1, 0.15) is 16.7 Å². The summed E-state index contributed by atoms with van der Waals surface area (Å²) in [4.78, 5) is 9.27. The molecule has 0 aliphatic heterocycles. The van der Waals surface area contributed by atoms with E-state index in [1.807, 2.05) is 0 Å². The molecular weight excluding hydrogens is 363 g/mol. The molecule has 26 heavy (non-hydrogen) atoms. The Morgan fingerprint density at radius 3 is 2.50 bits per heavy atom. The molecule has 134 valence electrons. The van der Waals surface area contributed by atoms with Crippen molar-refractivity contribution in [2.75, 3.05) is 7.11 Å². The summed E-state index contributed by atoms with van der Waals surface area (Å²) in [6, 6.07) is 10.7. The lowest BCUT2D eigenvalue weighted by Crippen LogP contribution is -2.06. The predicted octanol–water partition coefficient (Wildman–Crippen LogP) is 3.22. The number of rotatable bonds is 6. The maximum atomic E-state index is 13.4. The standard InChI is InChI=1S/C17H13FN2O5S/c1-25-14-5-2-12(3-6-14)11-26(23,24)15(10-19)8-13-4-7-16(18)17(9-13)20(21)22/h2-9H,11H2,1H3/b15-8-. The second-order valence-corrected chi connectivity index (χ2v) is 7.15. The van der Waals surface area contributed by atoms with Gasteiger partial charge in [0.15, 0.2) is 9.84 Å². The molecule has 0 spiro atoms. The van der Waals surface area contributed by atoms with Crippen LogP contribution >= 0.6 is 0 Å². The smallest absolute Gasteiger partial charge is 0.305 e. The lowest BCUT2D eigenvalue weighted by Gasteiger charge is -2.05. The number of nitro benzene ring substituents is 1. The topological polar surface area (TPSA) is 110 Å². The number of hydrogen-bond acceptors (Lipinski definition) is 6. The van der Waals surface area contributed by atoms with Crippen LogP contribution in [-0.2, 0) is 15.6 Å². The highest BCUT2D eigenvalue weighted by molar-refractivity contribution is 7.95. The molecule has 0 saturated carbocycles. The van der Waals surface area contributed by atoms with Gasteiger partial charge in [0.2, 0.25) is 5.82 Å². The Hall–Kier alpha value is -3.25. The van der Waals surface area contributed by atoms with Crippen LogP contribution in [0.1, 0.15) is 11.1 Å². The number of methoxy groups -OCH3 is 1. The summed E-state index contributed by atoms with van der Waals surface area (Å²) in [5, 5.41) is 20.0. The molecule has 9 heteroatoms. The van der Waals surface area contributed by atoms with Gasteiger partial charge in [0, 0.05) is 6.07 Å². The summed E-state index contributed by atoms with van der Waals surface area (Å²) in [6.07, 6.45) is 0.977. The molecule has 2 rings (SSSR count). The summed E-state index contributed by atoms with van der Waals surface area (Å²) < 4.78 is 43.2. The van der Waals surface area contributed by atoms with E-state index in [1.54, 1.807) is 30.3 Å². The van der Waals surface area contributed by atoms with Crippen LogP contribution in [0.2, 0.25) is 0 Å². The molecule has 0 atom stereocenters. The van der Waals surface area contributed by atoms with Gasteiger partial charge in [-0.25, -0.2) is 8.42 Å². The van der Waals surface area contributed by atoms with Crippen LogP contribution in [0.3, 0.4) is 0 Å². The van der Waals surface area contributed by atoms with Crippen molar-refractivity contribution >= 4 is 21.6 Å². The molecule has 0 aromatic heterocycles. The Bertz CT molecular complexity index is 1010. The van der Waals surface area contributed by atoms with Gasteiger partial charge >= 0.3 is 5.69 Å². The van der Waals surface area contributed by atoms with Crippen LogP contribution in [0.5, 0.6) is 5.75 Å². The van der Waals surface area contributed by atoms with Gasteiger partial charge < -0.3 is 4.74 Å². The van der Waals surface area contributed by atoms with Gasteiger partial charge in [-0.15, -0.1) is 0 Å². The van der Waals surface area contributed by atoms with Gasteiger partial charge in [-0.05, 0) is 35.4 Å². The maximum Gasteiger partial charge on any atom is 0.305 e. The van der Waals surface area contributed by atoms with E-state index in [-0.39, 0.29) is 5.56 Å². The quantitative estimate of drug-likeness (QED) is 0.435. The number of halogens is 1. The summed E-state index contributed by atoms with van der Waals surface area (Å²) in [5.74, 6) is -0.924. The van der Waals surface area contributed by atoms with Crippen LogP contribution in [0.15, 0.2) is 47.4 Å². The van der Waals surface area contributed by atoms with E-state index in [9.17, 15) is 28.2 Å². The van der Waals surface area contributed by atoms with Gasteiger partial charge in [0.05, 0.1) is 17.8 Å². The molecule has 0 bridgehead atoms. The van der Waals surface area contributed by atoms with E-state index in [0.29, 0.717) is 11.3 Å². The van der Waals surface area contributed by atoms with E-state index in [1.165, 1.54) is 7.11 Å². The number of nitro groups is 1. The SMILES string of the molecule is COc1ccc(CS(=O)(=O)/C(C#N)=C\c2ccc(F)c([N+](=O)[O-])c2)cc1. The first kappa shape index (κ1) is 19.1. The van der Waals surface area contributed by atoms with E-state index in [4.69, 9.17) is 4.74 Å². The molecule has 0 amide bonds. The van der Waals surface area contributed by atoms with E-state index in [2.05, 4.69) is 0 Å². The summed E-state index contributed by atoms with van der Waals surface area (Å²) in [6.45, 7) is 0. The average molecular weight is 376 g/mol. The Morgan fingerprint density at radius 2 is 1.96 bits per heavy atom. The van der Waals surface area contributed by atoms with Crippen LogP contribution in [-0.4, -0.2) is 20.5 Å². The Kier molecular flexibility index (Phi) is 5.69. The van der Waals surface area contributed by atoms with Gasteiger partial charge in [-0.1, -0.05) is 18.2 Å². The Morgan fingerprint density at radius 1 is 1.31 bits per heavy atom. The lowest BCUT2D eigenvalue weighted by molar-refractivity contribution is -0.387. The van der Waals surface area contributed by atoms with Crippen molar-refractivity contribution in [1.82, 2.24) is 0 Å². The first-order chi connectivity index (χ1) is 12.3.